The molecule has 1 amide bonds. The van der Waals surface area contributed by atoms with E-state index >= 15 is 0 Å². The van der Waals surface area contributed by atoms with Crippen molar-refractivity contribution < 1.29 is 4.79 Å². The molecule has 1 aliphatic rings. The van der Waals surface area contributed by atoms with Crippen molar-refractivity contribution in [2.75, 3.05) is 13.1 Å². The molecular formula is C16H23ClN2O. The molecule has 0 unspecified atom stereocenters. The van der Waals surface area contributed by atoms with Crippen LogP contribution in [0.3, 0.4) is 0 Å². The fourth-order valence-corrected chi connectivity index (χ4v) is 2.86. The average Bonchev–Trinajstić information content (AvgIpc) is 2.72. The summed E-state index contributed by atoms with van der Waals surface area (Å²) in [6.45, 7) is 1.48. The van der Waals surface area contributed by atoms with Gasteiger partial charge in [0.1, 0.15) is 0 Å². The summed E-state index contributed by atoms with van der Waals surface area (Å²) in [4.78, 5) is 11.9. The van der Waals surface area contributed by atoms with Gasteiger partial charge >= 0.3 is 0 Å². The van der Waals surface area contributed by atoms with Crippen molar-refractivity contribution in [2.45, 2.75) is 44.6 Å². The van der Waals surface area contributed by atoms with Gasteiger partial charge in [-0.25, -0.2) is 0 Å². The van der Waals surface area contributed by atoms with Crippen LogP contribution < -0.4 is 10.6 Å². The Bertz CT molecular complexity index is 428. The van der Waals surface area contributed by atoms with Gasteiger partial charge < -0.3 is 10.6 Å². The van der Waals surface area contributed by atoms with Gasteiger partial charge in [0.05, 0.1) is 0 Å². The Balaban J connectivity index is 1.66. The second-order valence-electron chi connectivity index (χ2n) is 5.41. The minimum absolute atomic E-state index is 0.0600. The second-order valence-corrected chi connectivity index (χ2v) is 5.85. The average molecular weight is 295 g/mol. The molecule has 0 aliphatic heterocycles. The fourth-order valence-electron chi connectivity index (χ4n) is 2.67. The number of carbonyl (C=O) groups is 1. The summed E-state index contributed by atoms with van der Waals surface area (Å²) < 4.78 is 0. The van der Waals surface area contributed by atoms with E-state index in [2.05, 4.69) is 10.6 Å². The van der Waals surface area contributed by atoms with E-state index in [4.69, 9.17) is 11.6 Å². The highest BCUT2D eigenvalue weighted by molar-refractivity contribution is 6.30. The van der Waals surface area contributed by atoms with E-state index in [9.17, 15) is 4.79 Å². The SMILES string of the molecule is O=C(NCCNC1CCCCCC1)c1cccc(Cl)c1. The third-order valence-corrected chi connectivity index (χ3v) is 4.02. The van der Waals surface area contributed by atoms with E-state index in [0.29, 0.717) is 23.2 Å². The van der Waals surface area contributed by atoms with Crippen molar-refractivity contribution >= 4 is 17.5 Å². The van der Waals surface area contributed by atoms with Crippen molar-refractivity contribution in [2.24, 2.45) is 0 Å². The Morgan fingerprint density at radius 1 is 1.15 bits per heavy atom. The van der Waals surface area contributed by atoms with Gasteiger partial charge in [-0.05, 0) is 31.0 Å². The van der Waals surface area contributed by atoms with Crippen LogP contribution in [0.2, 0.25) is 5.02 Å². The molecule has 1 fully saturated rings. The van der Waals surface area contributed by atoms with Gasteiger partial charge in [0.25, 0.3) is 5.91 Å². The van der Waals surface area contributed by atoms with Crippen molar-refractivity contribution in [3.05, 3.63) is 34.9 Å². The molecule has 0 bridgehead atoms. The first-order valence-corrected chi connectivity index (χ1v) is 7.90. The van der Waals surface area contributed by atoms with Crippen molar-refractivity contribution in [1.82, 2.24) is 10.6 Å². The summed E-state index contributed by atoms with van der Waals surface area (Å²) >= 11 is 5.87. The molecule has 1 saturated carbocycles. The highest BCUT2D eigenvalue weighted by Crippen LogP contribution is 2.16. The van der Waals surface area contributed by atoms with Crippen LogP contribution in [0.4, 0.5) is 0 Å². The Kier molecular flexibility index (Phi) is 6.34. The molecule has 1 aromatic rings. The normalized spacial score (nSPS) is 16.6. The number of rotatable bonds is 5. The van der Waals surface area contributed by atoms with E-state index < -0.39 is 0 Å². The van der Waals surface area contributed by atoms with Crippen LogP contribution in [0.15, 0.2) is 24.3 Å². The lowest BCUT2D eigenvalue weighted by molar-refractivity contribution is 0.0953. The molecule has 2 rings (SSSR count). The summed E-state index contributed by atoms with van der Waals surface area (Å²) in [6, 6.07) is 7.66. The Labute approximate surface area is 126 Å². The van der Waals surface area contributed by atoms with E-state index in [-0.39, 0.29) is 5.91 Å². The summed E-state index contributed by atoms with van der Waals surface area (Å²) in [7, 11) is 0. The minimum atomic E-state index is -0.0600. The van der Waals surface area contributed by atoms with Gasteiger partial charge in [-0.3, -0.25) is 4.79 Å². The minimum Gasteiger partial charge on any atom is -0.351 e. The number of hydrogen-bond acceptors (Lipinski definition) is 2. The van der Waals surface area contributed by atoms with E-state index in [1.165, 1.54) is 38.5 Å². The zero-order chi connectivity index (χ0) is 14.2. The molecule has 0 heterocycles. The molecule has 3 nitrogen and oxygen atoms in total. The summed E-state index contributed by atoms with van der Waals surface area (Å²) in [6.07, 6.45) is 7.91. The zero-order valence-electron chi connectivity index (χ0n) is 11.8. The molecule has 0 radical (unpaired) electrons. The molecule has 20 heavy (non-hydrogen) atoms. The second kappa shape index (κ2) is 8.28. The van der Waals surface area contributed by atoms with Crippen LogP contribution in [-0.4, -0.2) is 25.0 Å². The van der Waals surface area contributed by atoms with E-state index in [1.54, 1.807) is 24.3 Å². The molecule has 110 valence electrons. The smallest absolute Gasteiger partial charge is 0.251 e. The third kappa shape index (κ3) is 5.14. The Morgan fingerprint density at radius 2 is 1.90 bits per heavy atom. The van der Waals surface area contributed by atoms with Crippen molar-refractivity contribution in [1.29, 1.82) is 0 Å². The number of hydrogen-bond donors (Lipinski definition) is 2. The maximum Gasteiger partial charge on any atom is 0.251 e. The fraction of sp³-hybridized carbons (Fsp3) is 0.562. The molecule has 0 atom stereocenters. The largest absolute Gasteiger partial charge is 0.351 e. The Hall–Kier alpha value is -1.06. The lowest BCUT2D eigenvalue weighted by Gasteiger charge is -2.16. The van der Waals surface area contributed by atoms with Crippen LogP contribution in [0, 0.1) is 0 Å². The molecule has 0 spiro atoms. The third-order valence-electron chi connectivity index (χ3n) is 3.79. The summed E-state index contributed by atoms with van der Waals surface area (Å²) in [5.74, 6) is -0.0600. The van der Waals surface area contributed by atoms with Crippen LogP contribution >= 0.6 is 11.6 Å². The molecular weight excluding hydrogens is 272 g/mol. The van der Waals surface area contributed by atoms with Crippen molar-refractivity contribution in [3.63, 3.8) is 0 Å². The lowest BCUT2D eigenvalue weighted by Crippen LogP contribution is -2.36. The molecule has 1 aromatic carbocycles. The number of amides is 1. The van der Waals surface area contributed by atoms with Gasteiger partial charge in [-0.1, -0.05) is 43.4 Å². The predicted octanol–water partition coefficient (Wildman–Crippen LogP) is 3.38. The highest BCUT2D eigenvalue weighted by Gasteiger charge is 2.11. The van der Waals surface area contributed by atoms with E-state index in [1.807, 2.05) is 0 Å². The number of nitrogens with one attached hydrogen (secondary N) is 2. The van der Waals surface area contributed by atoms with Gasteiger partial charge in [-0.15, -0.1) is 0 Å². The van der Waals surface area contributed by atoms with Crippen LogP contribution in [0.5, 0.6) is 0 Å². The molecule has 2 N–H and O–H groups in total. The predicted molar refractivity (Wildman–Crippen MR) is 83.3 cm³/mol. The topological polar surface area (TPSA) is 41.1 Å². The molecule has 0 aromatic heterocycles. The van der Waals surface area contributed by atoms with Crippen LogP contribution in [0.1, 0.15) is 48.9 Å². The summed E-state index contributed by atoms with van der Waals surface area (Å²) in [5.41, 5.74) is 0.618. The highest BCUT2D eigenvalue weighted by atomic mass is 35.5. The first kappa shape index (κ1) is 15.3. The summed E-state index contributed by atoms with van der Waals surface area (Å²) in [5, 5.41) is 7.05. The van der Waals surface area contributed by atoms with Crippen molar-refractivity contribution in [3.8, 4) is 0 Å². The van der Waals surface area contributed by atoms with Gasteiger partial charge in [-0.2, -0.15) is 0 Å². The maximum absolute atomic E-state index is 11.9. The number of halogens is 1. The van der Waals surface area contributed by atoms with Crippen LogP contribution in [-0.2, 0) is 0 Å². The maximum atomic E-state index is 11.9. The zero-order valence-corrected chi connectivity index (χ0v) is 12.6. The molecule has 1 aliphatic carbocycles. The van der Waals surface area contributed by atoms with Gasteiger partial charge in [0.2, 0.25) is 0 Å². The monoisotopic (exact) mass is 294 g/mol. The number of benzene rings is 1. The number of carbonyl (C=O) groups excluding carboxylic acids is 1. The lowest BCUT2D eigenvalue weighted by atomic mass is 10.1. The van der Waals surface area contributed by atoms with Gasteiger partial charge in [0.15, 0.2) is 0 Å². The molecule has 4 heteroatoms. The molecule has 0 saturated heterocycles. The van der Waals surface area contributed by atoms with Gasteiger partial charge in [0, 0.05) is 29.7 Å². The first-order valence-electron chi connectivity index (χ1n) is 7.53. The first-order chi connectivity index (χ1) is 9.75. The standard InChI is InChI=1S/C16H23ClN2O/c17-14-7-5-6-13(12-14)16(20)19-11-10-18-15-8-3-1-2-4-9-15/h5-7,12,15,18H,1-4,8-11H2,(H,19,20). The van der Waals surface area contributed by atoms with Crippen LogP contribution in [0.25, 0.3) is 0 Å². The van der Waals surface area contributed by atoms with E-state index in [0.717, 1.165) is 6.54 Å². The quantitative estimate of drug-likeness (QED) is 0.646. The Morgan fingerprint density at radius 3 is 2.60 bits per heavy atom.